The Morgan fingerprint density at radius 3 is 2.54 bits per heavy atom. The van der Waals surface area contributed by atoms with Gasteiger partial charge in [-0.3, -0.25) is 0 Å². The van der Waals surface area contributed by atoms with Crippen LogP contribution in [0, 0.1) is 11.3 Å². The lowest BCUT2D eigenvalue weighted by molar-refractivity contribution is -0.153. The largest absolute Gasteiger partial charge is 0.479 e. The smallest absolute Gasteiger partial charge is 0.333 e. The van der Waals surface area contributed by atoms with Crippen molar-refractivity contribution >= 4 is 5.97 Å². The normalized spacial score (nSPS) is 26.8. The second-order valence-corrected chi connectivity index (χ2v) is 4.46. The second kappa shape index (κ2) is 2.98. The van der Waals surface area contributed by atoms with E-state index in [1.807, 2.05) is 0 Å². The summed E-state index contributed by atoms with van der Waals surface area (Å²) in [5.74, 6) is 0.000139. The van der Waals surface area contributed by atoms with E-state index in [2.05, 4.69) is 0 Å². The molecule has 2 aliphatic carbocycles. The predicted molar refractivity (Wildman–Crippen MR) is 47.4 cm³/mol. The van der Waals surface area contributed by atoms with E-state index in [1.54, 1.807) is 0 Å². The average Bonchev–Trinajstić information content (AvgIpc) is 2.91. The van der Waals surface area contributed by atoms with E-state index < -0.39 is 12.1 Å². The summed E-state index contributed by atoms with van der Waals surface area (Å²) in [7, 11) is 1.51. The van der Waals surface area contributed by atoms with Crippen molar-refractivity contribution in [2.45, 2.75) is 38.2 Å². The molecule has 2 rings (SSSR count). The molecule has 0 aliphatic heterocycles. The van der Waals surface area contributed by atoms with Crippen molar-refractivity contribution in [3.63, 3.8) is 0 Å². The van der Waals surface area contributed by atoms with Crippen LogP contribution in [-0.4, -0.2) is 24.3 Å². The highest BCUT2D eigenvalue weighted by Crippen LogP contribution is 2.57. The van der Waals surface area contributed by atoms with Crippen molar-refractivity contribution in [1.29, 1.82) is 0 Å². The third-order valence-corrected chi connectivity index (χ3v) is 3.30. The van der Waals surface area contributed by atoms with Gasteiger partial charge < -0.3 is 9.84 Å². The van der Waals surface area contributed by atoms with Crippen molar-refractivity contribution in [1.82, 2.24) is 0 Å². The molecule has 1 N–H and O–H groups in total. The maximum atomic E-state index is 10.9. The monoisotopic (exact) mass is 184 g/mol. The van der Waals surface area contributed by atoms with Crippen LogP contribution in [0.25, 0.3) is 0 Å². The molecule has 1 unspecified atom stereocenters. The molecular weight excluding hydrogens is 168 g/mol. The van der Waals surface area contributed by atoms with Gasteiger partial charge in [-0.05, 0) is 25.2 Å². The van der Waals surface area contributed by atoms with Gasteiger partial charge >= 0.3 is 5.97 Å². The fraction of sp³-hybridized carbons (Fsp3) is 0.900. The molecule has 0 spiro atoms. The molecule has 74 valence electrons. The van der Waals surface area contributed by atoms with Crippen molar-refractivity contribution in [3.05, 3.63) is 0 Å². The van der Waals surface area contributed by atoms with Gasteiger partial charge in [-0.25, -0.2) is 4.79 Å². The number of methoxy groups -OCH3 is 1. The second-order valence-electron chi connectivity index (χ2n) is 4.46. The lowest BCUT2D eigenvalue weighted by Gasteiger charge is -2.21. The van der Waals surface area contributed by atoms with Crippen molar-refractivity contribution < 1.29 is 14.6 Å². The highest BCUT2D eigenvalue weighted by molar-refractivity contribution is 5.74. The van der Waals surface area contributed by atoms with Gasteiger partial charge in [0.1, 0.15) is 0 Å². The molecule has 2 saturated carbocycles. The molecule has 2 aliphatic rings. The predicted octanol–water partition coefficient (Wildman–Crippen LogP) is 1.67. The Kier molecular flexibility index (Phi) is 2.06. The van der Waals surface area contributed by atoms with Crippen LogP contribution in [0.2, 0.25) is 0 Å². The molecule has 0 bridgehead atoms. The van der Waals surface area contributed by atoms with Gasteiger partial charge in [-0.15, -0.1) is 0 Å². The summed E-state index contributed by atoms with van der Waals surface area (Å²) in [5.41, 5.74) is 0.00174. The van der Waals surface area contributed by atoms with Gasteiger partial charge in [0, 0.05) is 12.5 Å². The van der Waals surface area contributed by atoms with Crippen molar-refractivity contribution in [2.24, 2.45) is 11.3 Å². The van der Waals surface area contributed by atoms with Crippen LogP contribution in [0.4, 0.5) is 0 Å². The number of hydrogen-bond acceptors (Lipinski definition) is 2. The van der Waals surface area contributed by atoms with Gasteiger partial charge in [0.05, 0.1) is 0 Å². The van der Waals surface area contributed by atoms with Gasteiger partial charge in [0.2, 0.25) is 0 Å². The van der Waals surface area contributed by atoms with Crippen LogP contribution >= 0.6 is 0 Å². The van der Waals surface area contributed by atoms with E-state index in [0.29, 0.717) is 0 Å². The first-order valence-corrected chi connectivity index (χ1v) is 4.93. The number of carbonyl (C=O) groups is 1. The van der Waals surface area contributed by atoms with Crippen molar-refractivity contribution in [3.8, 4) is 0 Å². The van der Waals surface area contributed by atoms with Crippen LogP contribution in [0.3, 0.4) is 0 Å². The van der Waals surface area contributed by atoms with Gasteiger partial charge in [-0.1, -0.05) is 12.8 Å². The molecule has 1 atom stereocenters. The highest BCUT2D eigenvalue weighted by Gasteiger charge is 2.54. The third-order valence-electron chi connectivity index (χ3n) is 3.30. The van der Waals surface area contributed by atoms with E-state index in [1.165, 1.54) is 20.0 Å². The molecule has 0 heterocycles. The molecule has 3 nitrogen and oxygen atoms in total. The van der Waals surface area contributed by atoms with E-state index in [4.69, 9.17) is 9.84 Å². The number of ether oxygens (including phenoxy) is 1. The minimum absolute atomic E-state index is 0.00174. The summed E-state index contributed by atoms with van der Waals surface area (Å²) < 4.78 is 5.07. The van der Waals surface area contributed by atoms with E-state index in [-0.39, 0.29) is 5.41 Å². The third kappa shape index (κ3) is 1.70. The summed E-state index contributed by atoms with van der Waals surface area (Å²) in [6.07, 6.45) is 5.16. The molecule has 2 fully saturated rings. The van der Waals surface area contributed by atoms with E-state index >= 15 is 0 Å². The standard InChI is InChI=1S/C10H16O3/c1-13-8(9(11)12)10(4-5-10)6-7-2-3-7/h7-8H,2-6H2,1H3,(H,11,12). The van der Waals surface area contributed by atoms with Gasteiger partial charge in [-0.2, -0.15) is 0 Å². The molecule has 0 amide bonds. The highest BCUT2D eigenvalue weighted by atomic mass is 16.5. The average molecular weight is 184 g/mol. The lowest BCUT2D eigenvalue weighted by Crippen LogP contribution is -2.33. The van der Waals surface area contributed by atoms with Crippen LogP contribution in [0.5, 0.6) is 0 Å². The quantitative estimate of drug-likeness (QED) is 0.707. The minimum atomic E-state index is -0.791. The molecule has 0 aromatic carbocycles. The zero-order valence-electron chi connectivity index (χ0n) is 7.95. The Labute approximate surface area is 78.1 Å². The SMILES string of the molecule is COC(C(=O)O)C1(CC2CC2)CC1. The van der Waals surface area contributed by atoms with E-state index in [9.17, 15) is 4.79 Å². The Balaban J connectivity index is 1.98. The van der Waals surface area contributed by atoms with Crippen LogP contribution in [0.1, 0.15) is 32.1 Å². The Hall–Kier alpha value is -0.570. The summed E-state index contributed by atoms with van der Waals surface area (Å²) >= 11 is 0. The number of carboxylic acids is 1. The number of aliphatic carboxylic acids is 1. The molecule has 0 aromatic rings. The molecule has 0 aromatic heterocycles. The van der Waals surface area contributed by atoms with Crippen molar-refractivity contribution in [2.75, 3.05) is 7.11 Å². The lowest BCUT2D eigenvalue weighted by atomic mass is 9.92. The minimum Gasteiger partial charge on any atom is -0.479 e. The number of hydrogen-bond donors (Lipinski definition) is 1. The molecule has 13 heavy (non-hydrogen) atoms. The van der Waals surface area contributed by atoms with E-state index in [0.717, 1.165) is 25.2 Å². The topological polar surface area (TPSA) is 46.5 Å². The maximum absolute atomic E-state index is 10.9. The van der Waals surface area contributed by atoms with Crippen LogP contribution < -0.4 is 0 Å². The van der Waals surface area contributed by atoms with Gasteiger partial charge in [0.25, 0.3) is 0 Å². The zero-order chi connectivity index (χ0) is 9.47. The summed E-state index contributed by atoms with van der Waals surface area (Å²) in [6, 6.07) is 0. The molecule has 0 radical (unpaired) electrons. The first kappa shape index (κ1) is 9.00. The first-order chi connectivity index (χ1) is 6.18. The first-order valence-electron chi connectivity index (χ1n) is 4.93. The molecular formula is C10H16O3. The Morgan fingerprint density at radius 2 is 2.23 bits per heavy atom. The fourth-order valence-electron chi connectivity index (χ4n) is 2.24. The Bertz CT molecular complexity index is 216. The van der Waals surface area contributed by atoms with Crippen LogP contribution in [0.15, 0.2) is 0 Å². The zero-order valence-corrected chi connectivity index (χ0v) is 7.95. The van der Waals surface area contributed by atoms with Gasteiger partial charge in [0.15, 0.2) is 6.10 Å². The Morgan fingerprint density at radius 1 is 1.62 bits per heavy atom. The fourth-order valence-corrected chi connectivity index (χ4v) is 2.24. The maximum Gasteiger partial charge on any atom is 0.333 e. The molecule has 3 heteroatoms. The summed E-state index contributed by atoms with van der Waals surface area (Å²) in [4.78, 5) is 10.9. The van der Waals surface area contributed by atoms with Crippen LogP contribution in [-0.2, 0) is 9.53 Å². The number of rotatable bonds is 5. The summed E-state index contributed by atoms with van der Waals surface area (Å²) in [6.45, 7) is 0. The number of carboxylic acid groups (broad SMARTS) is 1. The summed E-state index contributed by atoms with van der Waals surface area (Å²) in [5, 5.41) is 8.96. The molecule has 0 saturated heterocycles.